The van der Waals surface area contributed by atoms with Gasteiger partial charge >= 0.3 is 17.9 Å². The lowest BCUT2D eigenvalue weighted by Gasteiger charge is -2.60. The van der Waals surface area contributed by atoms with Gasteiger partial charge in [-0.25, -0.2) is 14.4 Å². The summed E-state index contributed by atoms with van der Waals surface area (Å²) in [5.41, 5.74) is -0.0115. The summed E-state index contributed by atoms with van der Waals surface area (Å²) in [6.45, 7) is 14.1. The van der Waals surface area contributed by atoms with E-state index in [0.29, 0.717) is 23.1 Å². The minimum atomic E-state index is -1.22. The van der Waals surface area contributed by atoms with Crippen molar-refractivity contribution < 1.29 is 38.6 Å². The average Bonchev–Trinajstić information content (AvgIpc) is 2.85. The third-order valence-electron chi connectivity index (χ3n) is 8.50. The number of allylic oxidation sites excluding steroid dienone is 5. The Kier molecular flexibility index (Phi) is 9.81. The molecule has 5 atom stereocenters. The van der Waals surface area contributed by atoms with Crippen molar-refractivity contribution >= 4 is 30.0 Å². The molecule has 8 heteroatoms. The number of hydrogen-bond acceptors (Lipinski definition) is 7. The molecule has 2 rings (SSSR count). The topological polar surface area (TPSA) is 124 Å². The number of Topliss-reactive ketones (excluding diaryl/α,β-unsaturated/α-hetero) is 1. The first-order valence-electron chi connectivity index (χ1n) is 12.9. The molecule has 0 aromatic heterocycles. The van der Waals surface area contributed by atoms with E-state index in [4.69, 9.17) is 14.6 Å². The second-order valence-corrected chi connectivity index (χ2v) is 11.2. The third-order valence-corrected chi connectivity index (χ3v) is 8.50. The standard InChI is InChI=1S/C30H40O8/c1-9-17(3)27(35)37-23-15-30(8)21(14-22(32)19(5)13-25(33)34)20(16-31)11-12-24(30)29(6,7)26(23)38-28(36)18(4)10-2/h9-11,13,16,21,23-24,26H,12,14-15H2,1-8H3,(H,33,34). The predicted molar refractivity (Wildman–Crippen MR) is 142 cm³/mol. The summed E-state index contributed by atoms with van der Waals surface area (Å²) in [5, 5.41) is 9.09. The molecule has 1 fully saturated rings. The third kappa shape index (κ3) is 6.22. The number of rotatable bonds is 9. The van der Waals surface area contributed by atoms with Gasteiger partial charge in [-0.1, -0.05) is 39.0 Å². The van der Waals surface area contributed by atoms with E-state index < -0.39 is 46.9 Å². The Morgan fingerprint density at radius 2 is 1.53 bits per heavy atom. The van der Waals surface area contributed by atoms with Crippen LogP contribution in [-0.4, -0.2) is 47.3 Å². The summed E-state index contributed by atoms with van der Waals surface area (Å²) >= 11 is 0. The maximum atomic E-state index is 13.0. The van der Waals surface area contributed by atoms with Crippen LogP contribution in [-0.2, 0) is 33.4 Å². The van der Waals surface area contributed by atoms with Gasteiger partial charge in [0.2, 0.25) is 0 Å². The normalized spacial score (nSPS) is 29.5. The maximum Gasteiger partial charge on any atom is 0.333 e. The van der Waals surface area contributed by atoms with Gasteiger partial charge in [-0.15, -0.1) is 0 Å². The van der Waals surface area contributed by atoms with Crippen molar-refractivity contribution in [1.82, 2.24) is 0 Å². The van der Waals surface area contributed by atoms with E-state index in [1.165, 1.54) is 6.92 Å². The molecule has 0 radical (unpaired) electrons. The zero-order chi connectivity index (χ0) is 29.0. The highest BCUT2D eigenvalue weighted by Gasteiger charge is 2.61. The number of esters is 2. The summed E-state index contributed by atoms with van der Waals surface area (Å²) < 4.78 is 12.0. The number of ether oxygens (including phenoxy) is 2. The van der Waals surface area contributed by atoms with Crippen LogP contribution in [0, 0.1) is 22.7 Å². The molecule has 1 N–H and O–H groups in total. The Bertz CT molecular complexity index is 1120. The first kappa shape index (κ1) is 30.9. The Morgan fingerprint density at radius 3 is 2.03 bits per heavy atom. The Labute approximate surface area is 224 Å². The molecule has 0 bridgehead atoms. The fourth-order valence-electron chi connectivity index (χ4n) is 6.04. The molecule has 0 aliphatic heterocycles. The van der Waals surface area contributed by atoms with Crippen LogP contribution in [0.3, 0.4) is 0 Å². The van der Waals surface area contributed by atoms with E-state index >= 15 is 0 Å². The van der Waals surface area contributed by atoms with Crippen molar-refractivity contribution in [2.45, 2.75) is 86.9 Å². The van der Waals surface area contributed by atoms with Crippen molar-refractivity contribution in [2.75, 3.05) is 0 Å². The highest BCUT2D eigenvalue weighted by Crippen LogP contribution is 2.61. The summed E-state index contributed by atoms with van der Waals surface area (Å²) in [7, 11) is 0. The first-order chi connectivity index (χ1) is 17.6. The van der Waals surface area contributed by atoms with E-state index in [0.717, 1.165) is 12.4 Å². The van der Waals surface area contributed by atoms with Gasteiger partial charge in [0.05, 0.1) is 0 Å². The molecule has 8 nitrogen and oxygen atoms in total. The van der Waals surface area contributed by atoms with Gasteiger partial charge in [0.15, 0.2) is 5.78 Å². The molecule has 38 heavy (non-hydrogen) atoms. The maximum absolute atomic E-state index is 13.0. The molecule has 0 saturated heterocycles. The smallest absolute Gasteiger partial charge is 0.333 e. The molecule has 0 aromatic carbocycles. The van der Waals surface area contributed by atoms with E-state index in [1.807, 2.05) is 26.8 Å². The second kappa shape index (κ2) is 12.0. The number of aliphatic carboxylic acids is 1. The molecule has 0 aromatic rings. The Balaban J connectivity index is 2.62. The second-order valence-electron chi connectivity index (χ2n) is 11.2. The van der Waals surface area contributed by atoms with Gasteiger partial charge in [-0.3, -0.25) is 9.59 Å². The molecule has 0 spiro atoms. The Hall–Kier alpha value is -3.29. The number of carboxylic acids is 1. The number of fused-ring (bicyclic) bond motifs is 1. The van der Waals surface area contributed by atoms with Gasteiger partial charge in [0.25, 0.3) is 0 Å². The summed E-state index contributed by atoms with van der Waals surface area (Å²) in [4.78, 5) is 62.0. The molecule has 2 aliphatic carbocycles. The van der Waals surface area contributed by atoms with E-state index in [1.54, 1.807) is 39.8 Å². The zero-order valence-corrected chi connectivity index (χ0v) is 23.6. The molecule has 0 amide bonds. The van der Waals surface area contributed by atoms with Crippen LogP contribution in [0.2, 0.25) is 0 Å². The lowest BCUT2D eigenvalue weighted by atomic mass is 9.46. The van der Waals surface area contributed by atoms with Crippen LogP contribution in [0.25, 0.3) is 0 Å². The number of ketones is 1. The average molecular weight is 529 g/mol. The number of carbonyl (C=O) groups is 5. The highest BCUT2D eigenvalue weighted by atomic mass is 16.6. The lowest BCUT2D eigenvalue weighted by Crippen LogP contribution is -2.61. The van der Waals surface area contributed by atoms with Crippen molar-refractivity contribution in [1.29, 1.82) is 0 Å². The van der Waals surface area contributed by atoms with E-state index in [2.05, 4.69) is 0 Å². The fourth-order valence-corrected chi connectivity index (χ4v) is 6.04. The summed E-state index contributed by atoms with van der Waals surface area (Å²) in [6.07, 6.45) is 5.81. The first-order valence-corrected chi connectivity index (χ1v) is 12.9. The summed E-state index contributed by atoms with van der Waals surface area (Å²) in [6, 6.07) is 0. The quantitative estimate of drug-likeness (QED) is 0.254. The van der Waals surface area contributed by atoms with Crippen LogP contribution < -0.4 is 0 Å². The van der Waals surface area contributed by atoms with E-state index in [9.17, 15) is 24.0 Å². The Morgan fingerprint density at radius 1 is 0.974 bits per heavy atom. The van der Waals surface area contributed by atoms with Crippen molar-refractivity contribution in [3.05, 3.63) is 46.6 Å². The molecular formula is C30H40O8. The molecule has 5 unspecified atom stereocenters. The number of aldehydes is 1. The molecule has 0 heterocycles. The molecule has 2 aliphatic rings. The minimum Gasteiger partial charge on any atom is -0.478 e. The fraction of sp³-hybridized carbons (Fsp3) is 0.567. The lowest BCUT2D eigenvalue weighted by molar-refractivity contribution is -0.210. The minimum absolute atomic E-state index is 0.0695. The van der Waals surface area contributed by atoms with Crippen LogP contribution in [0.4, 0.5) is 0 Å². The largest absolute Gasteiger partial charge is 0.478 e. The van der Waals surface area contributed by atoms with Crippen LogP contribution in [0.5, 0.6) is 0 Å². The SMILES string of the molecule is CC=C(C)C(=O)OC1CC2(C)C(CC(=O)C(C)=CC(=O)O)C(C=O)=CCC2C(C)(C)C1OC(=O)C(C)=CC. The van der Waals surface area contributed by atoms with Crippen molar-refractivity contribution in [2.24, 2.45) is 22.7 Å². The number of carbonyl (C=O) groups excluding carboxylic acids is 4. The molecule has 1 saturated carbocycles. The predicted octanol–water partition coefficient (Wildman–Crippen LogP) is 4.93. The van der Waals surface area contributed by atoms with Gasteiger partial charge in [0.1, 0.15) is 18.5 Å². The van der Waals surface area contributed by atoms with Crippen molar-refractivity contribution in [3.63, 3.8) is 0 Å². The molecular weight excluding hydrogens is 488 g/mol. The number of hydrogen-bond donors (Lipinski definition) is 1. The van der Waals surface area contributed by atoms with Crippen LogP contribution in [0.15, 0.2) is 46.6 Å². The van der Waals surface area contributed by atoms with Gasteiger partial charge in [0, 0.05) is 29.1 Å². The van der Waals surface area contributed by atoms with Crippen LogP contribution in [0.1, 0.15) is 74.7 Å². The zero-order valence-electron chi connectivity index (χ0n) is 23.6. The highest BCUT2D eigenvalue weighted by molar-refractivity contribution is 6.00. The van der Waals surface area contributed by atoms with Gasteiger partial charge < -0.3 is 14.6 Å². The van der Waals surface area contributed by atoms with Crippen molar-refractivity contribution in [3.8, 4) is 0 Å². The monoisotopic (exact) mass is 528 g/mol. The van der Waals surface area contributed by atoms with Gasteiger partial charge in [-0.2, -0.15) is 0 Å². The van der Waals surface area contributed by atoms with Crippen LogP contribution >= 0.6 is 0 Å². The van der Waals surface area contributed by atoms with E-state index in [-0.39, 0.29) is 30.1 Å². The molecule has 208 valence electrons. The van der Waals surface area contributed by atoms with Gasteiger partial charge in [-0.05, 0) is 75.9 Å². The summed E-state index contributed by atoms with van der Waals surface area (Å²) in [5.74, 6) is -3.31. The number of carboxylic acid groups (broad SMARTS) is 1.